The highest BCUT2D eigenvalue weighted by Gasteiger charge is 2.23. The van der Waals surface area contributed by atoms with Crippen molar-refractivity contribution >= 4 is 28.5 Å². The average Bonchev–Trinajstić information content (AvgIpc) is 3.20. The Kier molecular flexibility index (Phi) is 6.80. The predicted molar refractivity (Wildman–Crippen MR) is 125 cm³/mol. The minimum Gasteiger partial charge on any atom is -0.496 e. The van der Waals surface area contributed by atoms with Crippen LogP contribution < -0.4 is 24.6 Å². The molecule has 0 radical (unpaired) electrons. The Morgan fingerprint density at radius 1 is 1.06 bits per heavy atom. The van der Waals surface area contributed by atoms with E-state index in [1.165, 1.54) is 46.5 Å². The fourth-order valence-electron chi connectivity index (χ4n) is 3.51. The third-order valence-corrected chi connectivity index (χ3v) is 5.53. The maximum Gasteiger partial charge on any atom is 0.332 e. The molecule has 188 valence electrons. The largest absolute Gasteiger partial charge is 0.496 e. The minimum absolute atomic E-state index is 0.0177. The third-order valence-electron chi connectivity index (χ3n) is 5.23. The number of imidazole rings is 1. The topological polar surface area (TPSA) is 118 Å². The van der Waals surface area contributed by atoms with Crippen LogP contribution in [0, 0.1) is 11.6 Å². The van der Waals surface area contributed by atoms with Crippen LogP contribution in [0.2, 0.25) is 5.02 Å². The van der Waals surface area contributed by atoms with E-state index in [1.807, 2.05) is 0 Å². The number of H-pyrrole nitrogens is 1. The van der Waals surface area contributed by atoms with E-state index in [9.17, 15) is 18.4 Å². The maximum absolute atomic E-state index is 14.4. The monoisotopic (exact) mass is 520 g/mol. The van der Waals surface area contributed by atoms with Crippen LogP contribution in [-0.4, -0.2) is 46.6 Å². The van der Waals surface area contributed by atoms with Crippen LogP contribution in [0.1, 0.15) is 23.1 Å². The van der Waals surface area contributed by atoms with Crippen LogP contribution in [0.3, 0.4) is 0 Å². The molecule has 0 atom stereocenters. The van der Waals surface area contributed by atoms with E-state index in [2.05, 4.69) is 15.0 Å². The normalized spacial score (nSPS) is 11.0. The fraction of sp³-hybridized carbons (Fsp3) is 0.217. The summed E-state index contributed by atoms with van der Waals surface area (Å²) in [5, 5.41) is 0.0682. The van der Waals surface area contributed by atoms with Gasteiger partial charge in [0.05, 0.1) is 37.6 Å². The number of Topliss-reactive ketones (excluding diaryl/α,β-unsaturated/α-hetero) is 1. The lowest BCUT2D eigenvalue weighted by Crippen LogP contribution is -2.16. The lowest BCUT2D eigenvalue weighted by Gasteiger charge is -2.16. The van der Waals surface area contributed by atoms with Gasteiger partial charge in [-0.15, -0.1) is 0 Å². The molecule has 10 nitrogen and oxygen atoms in total. The molecule has 0 amide bonds. The number of carbonyl (C=O) groups is 1. The number of nitrogens with zero attached hydrogens (tertiary/aromatic N) is 3. The number of aromatic amines is 1. The van der Waals surface area contributed by atoms with Gasteiger partial charge in [-0.1, -0.05) is 11.6 Å². The zero-order valence-corrected chi connectivity index (χ0v) is 20.2. The van der Waals surface area contributed by atoms with Crippen LogP contribution in [0.15, 0.2) is 29.1 Å². The van der Waals surface area contributed by atoms with Gasteiger partial charge in [-0.05, 0) is 12.1 Å². The van der Waals surface area contributed by atoms with Crippen molar-refractivity contribution in [3.05, 3.63) is 62.8 Å². The standard InChI is InChI=1S/C23H19ClF2N4O6/c1-10(31)20-28-21-19(22(29-20)35-4)27-23(32)30(21)14-8-17(16(34-3)7-12(14)24)36-9-11-15(33-2)6-5-13(25)18(11)26/h5-8H,9H2,1-4H3,(H,27,32). The first-order valence-electron chi connectivity index (χ1n) is 10.3. The summed E-state index contributed by atoms with van der Waals surface area (Å²) in [6.45, 7) is 0.833. The van der Waals surface area contributed by atoms with Crippen molar-refractivity contribution in [2.24, 2.45) is 0 Å². The van der Waals surface area contributed by atoms with E-state index < -0.39 is 29.7 Å². The molecule has 4 aromatic rings. The highest BCUT2D eigenvalue weighted by molar-refractivity contribution is 6.32. The summed E-state index contributed by atoms with van der Waals surface area (Å²) in [5.74, 6) is -2.56. The molecule has 2 aromatic carbocycles. The molecule has 4 rings (SSSR count). The number of fused-ring (bicyclic) bond motifs is 1. The molecule has 0 bridgehead atoms. The van der Waals surface area contributed by atoms with Crippen molar-refractivity contribution in [2.45, 2.75) is 13.5 Å². The number of ether oxygens (including phenoxy) is 4. The Hall–Kier alpha value is -4.19. The van der Waals surface area contributed by atoms with E-state index >= 15 is 0 Å². The number of ketones is 1. The molecule has 0 saturated carbocycles. The molecule has 0 unspecified atom stereocenters. The highest BCUT2D eigenvalue weighted by Crippen LogP contribution is 2.37. The molecule has 0 aliphatic carbocycles. The van der Waals surface area contributed by atoms with Crippen LogP contribution in [-0.2, 0) is 6.61 Å². The van der Waals surface area contributed by atoms with Gasteiger partial charge < -0.3 is 18.9 Å². The SMILES string of the molecule is COc1cc(Cl)c(-n2c(=O)[nH]c3c(OC)nc(C(C)=O)nc32)cc1OCc1c(OC)ccc(F)c1F. The summed E-state index contributed by atoms with van der Waals surface area (Å²) in [6.07, 6.45) is 0. The summed E-state index contributed by atoms with van der Waals surface area (Å²) < 4.78 is 50.7. The van der Waals surface area contributed by atoms with E-state index in [0.717, 1.165) is 10.6 Å². The second-order valence-corrected chi connectivity index (χ2v) is 7.77. The lowest BCUT2D eigenvalue weighted by molar-refractivity contribution is 0.100. The van der Waals surface area contributed by atoms with Crippen molar-refractivity contribution in [1.29, 1.82) is 0 Å². The molecule has 0 fully saturated rings. The Balaban J connectivity index is 1.86. The summed E-state index contributed by atoms with van der Waals surface area (Å²) in [7, 11) is 4.00. The van der Waals surface area contributed by atoms with Gasteiger partial charge in [0.2, 0.25) is 11.7 Å². The number of hydrogen-bond acceptors (Lipinski definition) is 8. The van der Waals surface area contributed by atoms with Gasteiger partial charge in [0.15, 0.2) is 34.6 Å². The molecular weight excluding hydrogens is 502 g/mol. The maximum atomic E-state index is 14.4. The zero-order chi connectivity index (χ0) is 26.1. The zero-order valence-electron chi connectivity index (χ0n) is 19.4. The molecule has 0 spiro atoms. The molecule has 0 saturated heterocycles. The molecule has 13 heteroatoms. The van der Waals surface area contributed by atoms with Gasteiger partial charge in [-0.25, -0.2) is 23.1 Å². The van der Waals surface area contributed by atoms with E-state index in [4.69, 9.17) is 30.5 Å². The first kappa shape index (κ1) is 24.9. The van der Waals surface area contributed by atoms with Crippen LogP contribution >= 0.6 is 11.6 Å². The molecule has 1 N–H and O–H groups in total. The molecule has 36 heavy (non-hydrogen) atoms. The summed E-state index contributed by atoms with van der Waals surface area (Å²) in [4.78, 5) is 35.6. The number of methoxy groups -OCH3 is 3. The predicted octanol–water partition coefficient (Wildman–Crippen LogP) is 3.85. The second kappa shape index (κ2) is 9.82. The van der Waals surface area contributed by atoms with Crippen molar-refractivity contribution in [3.8, 4) is 28.8 Å². The first-order valence-corrected chi connectivity index (χ1v) is 10.7. The van der Waals surface area contributed by atoms with E-state index in [0.29, 0.717) is 0 Å². The van der Waals surface area contributed by atoms with Crippen LogP contribution in [0.25, 0.3) is 16.9 Å². The molecule has 0 aliphatic rings. The van der Waals surface area contributed by atoms with Gasteiger partial charge >= 0.3 is 5.69 Å². The van der Waals surface area contributed by atoms with Crippen LogP contribution in [0.4, 0.5) is 8.78 Å². The Morgan fingerprint density at radius 3 is 2.42 bits per heavy atom. The van der Waals surface area contributed by atoms with Crippen LogP contribution in [0.5, 0.6) is 23.1 Å². The molecule has 2 heterocycles. The van der Waals surface area contributed by atoms with Gasteiger partial charge in [0.25, 0.3) is 0 Å². The number of hydrogen-bond donors (Lipinski definition) is 1. The Morgan fingerprint density at radius 2 is 1.78 bits per heavy atom. The van der Waals surface area contributed by atoms with Gasteiger partial charge in [-0.2, -0.15) is 4.98 Å². The average molecular weight is 521 g/mol. The smallest absolute Gasteiger partial charge is 0.332 e. The summed E-state index contributed by atoms with van der Waals surface area (Å²) in [6, 6.07) is 4.95. The summed E-state index contributed by atoms with van der Waals surface area (Å²) in [5.41, 5.74) is -0.565. The second-order valence-electron chi connectivity index (χ2n) is 7.36. The quantitative estimate of drug-likeness (QED) is 0.348. The Bertz CT molecular complexity index is 1550. The summed E-state index contributed by atoms with van der Waals surface area (Å²) >= 11 is 6.45. The molecular formula is C23H19ClF2N4O6. The van der Waals surface area contributed by atoms with Crippen molar-refractivity contribution < 1.29 is 32.5 Å². The minimum atomic E-state index is -1.13. The number of rotatable bonds is 8. The fourth-order valence-corrected chi connectivity index (χ4v) is 3.74. The molecule has 0 aliphatic heterocycles. The van der Waals surface area contributed by atoms with E-state index in [-0.39, 0.29) is 56.4 Å². The van der Waals surface area contributed by atoms with E-state index in [1.54, 1.807) is 0 Å². The van der Waals surface area contributed by atoms with Gasteiger partial charge in [0.1, 0.15) is 17.9 Å². The third kappa shape index (κ3) is 4.31. The highest BCUT2D eigenvalue weighted by atomic mass is 35.5. The number of carbonyl (C=O) groups excluding carboxylic acids is 1. The number of benzene rings is 2. The number of nitrogens with one attached hydrogen (secondary N) is 1. The molecule has 2 aromatic heterocycles. The number of halogens is 3. The van der Waals surface area contributed by atoms with Gasteiger partial charge in [0, 0.05) is 19.1 Å². The van der Waals surface area contributed by atoms with Crippen molar-refractivity contribution in [3.63, 3.8) is 0 Å². The Labute approximate surface area is 207 Å². The number of aromatic nitrogens is 4. The van der Waals surface area contributed by atoms with Crippen molar-refractivity contribution in [2.75, 3.05) is 21.3 Å². The first-order chi connectivity index (χ1) is 17.2. The van der Waals surface area contributed by atoms with Gasteiger partial charge in [-0.3, -0.25) is 9.78 Å². The lowest BCUT2D eigenvalue weighted by atomic mass is 10.2. The van der Waals surface area contributed by atoms with Crippen molar-refractivity contribution in [1.82, 2.24) is 19.5 Å².